The SMILES string of the molecule is Cc1ncc(C(=O)Nc2ccc3n[nH]nc3c2)c(C(C)C)n1. The Morgan fingerprint density at radius 3 is 2.77 bits per heavy atom. The van der Waals surface area contributed by atoms with Gasteiger partial charge in [-0.05, 0) is 31.0 Å². The van der Waals surface area contributed by atoms with Crippen molar-refractivity contribution in [1.29, 1.82) is 0 Å². The predicted molar refractivity (Wildman–Crippen MR) is 82.7 cm³/mol. The second-order valence-electron chi connectivity index (χ2n) is 5.35. The van der Waals surface area contributed by atoms with Crippen LogP contribution in [-0.4, -0.2) is 31.3 Å². The van der Waals surface area contributed by atoms with Gasteiger partial charge in [0.25, 0.3) is 5.91 Å². The van der Waals surface area contributed by atoms with Crippen LogP contribution in [0.5, 0.6) is 0 Å². The number of nitrogens with one attached hydrogen (secondary N) is 2. The number of anilines is 1. The molecule has 2 N–H and O–H groups in total. The van der Waals surface area contributed by atoms with Gasteiger partial charge < -0.3 is 5.32 Å². The molecule has 2 aromatic heterocycles. The summed E-state index contributed by atoms with van der Waals surface area (Å²) in [6, 6.07) is 5.34. The first kappa shape index (κ1) is 14.1. The molecule has 3 rings (SSSR count). The molecule has 0 bridgehead atoms. The molecule has 0 fully saturated rings. The molecule has 0 aliphatic heterocycles. The highest BCUT2D eigenvalue weighted by atomic mass is 16.1. The molecule has 0 spiro atoms. The fourth-order valence-corrected chi connectivity index (χ4v) is 2.22. The molecular weight excluding hydrogens is 280 g/mol. The molecule has 0 saturated heterocycles. The minimum atomic E-state index is -0.230. The summed E-state index contributed by atoms with van der Waals surface area (Å²) in [5.41, 5.74) is 3.33. The third-order valence-corrected chi connectivity index (χ3v) is 3.30. The molecule has 0 aliphatic rings. The smallest absolute Gasteiger partial charge is 0.259 e. The summed E-state index contributed by atoms with van der Waals surface area (Å²) in [6.45, 7) is 5.81. The first-order valence-corrected chi connectivity index (χ1v) is 7.00. The average molecular weight is 296 g/mol. The molecule has 1 amide bonds. The molecule has 22 heavy (non-hydrogen) atoms. The number of carbonyl (C=O) groups excluding carboxylic acids is 1. The van der Waals surface area contributed by atoms with Gasteiger partial charge in [0.1, 0.15) is 16.9 Å². The lowest BCUT2D eigenvalue weighted by molar-refractivity contribution is 0.102. The van der Waals surface area contributed by atoms with E-state index in [2.05, 4.69) is 30.7 Å². The predicted octanol–water partition coefficient (Wildman–Crippen LogP) is 2.43. The maximum atomic E-state index is 12.5. The van der Waals surface area contributed by atoms with Gasteiger partial charge in [0.2, 0.25) is 0 Å². The Labute approximate surface area is 127 Å². The highest BCUT2D eigenvalue weighted by Crippen LogP contribution is 2.19. The van der Waals surface area contributed by atoms with E-state index in [1.807, 2.05) is 20.8 Å². The van der Waals surface area contributed by atoms with Gasteiger partial charge in [-0.25, -0.2) is 9.97 Å². The van der Waals surface area contributed by atoms with Gasteiger partial charge >= 0.3 is 0 Å². The monoisotopic (exact) mass is 296 g/mol. The van der Waals surface area contributed by atoms with Gasteiger partial charge in [-0.3, -0.25) is 4.79 Å². The van der Waals surface area contributed by atoms with Crippen LogP contribution in [0.25, 0.3) is 11.0 Å². The van der Waals surface area contributed by atoms with E-state index in [4.69, 9.17) is 0 Å². The van der Waals surface area contributed by atoms with Crippen molar-refractivity contribution >= 4 is 22.6 Å². The second-order valence-corrected chi connectivity index (χ2v) is 5.35. The van der Waals surface area contributed by atoms with E-state index < -0.39 is 0 Å². The topological polar surface area (TPSA) is 96.5 Å². The molecular formula is C15H16N6O. The number of H-pyrrole nitrogens is 1. The number of aromatic amines is 1. The summed E-state index contributed by atoms with van der Waals surface area (Å²) in [7, 11) is 0. The summed E-state index contributed by atoms with van der Waals surface area (Å²) in [5, 5.41) is 13.4. The summed E-state index contributed by atoms with van der Waals surface area (Å²) < 4.78 is 0. The zero-order chi connectivity index (χ0) is 15.7. The maximum absolute atomic E-state index is 12.5. The number of carbonyl (C=O) groups is 1. The quantitative estimate of drug-likeness (QED) is 0.773. The van der Waals surface area contributed by atoms with Crippen molar-refractivity contribution in [2.45, 2.75) is 26.7 Å². The van der Waals surface area contributed by atoms with Crippen molar-refractivity contribution < 1.29 is 4.79 Å². The highest BCUT2D eigenvalue weighted by molar-refractivity contribution is 6.05. The van der Waals surface area contributed by atoms with E-state index >= 15 is 0 Å². The number of benzene rings is 1. The maximum Gasteiger partial charge on any atom is 0.259 e. The van der Waals surface area contributed by atoms with E-state index in [9.17, 15) is 4.79 Å². The van der Waals surface area contributed by atoms with Crippen molar-refractivity contribution in [1.82, 2.24) is 25.4 Å². The van der Waals surface area contributed by atoms with Crippen molar-refractivity contribution in [2.24, 2.45) is 0 Å². The van der Waals surface area contributed by atoms with Crippen molar-refractivity contribution in [3.05, 3.63) is 41.5 Å². The number of amides is 1. The molecule has 0 radical (unpaired) electrons. The minimum Gasteiger partial charge on any atom is -0.322 e. The molecule has 7 heteroatoms. The number of rotatable bonds is 3. The number of fused-ring (bicyclic) bond motifs is 1. The third-order valence-electron chi connectivity index (χ3n) is 3.30. The summed E-state index contributed by atoms with van der Waals surface area (Å²) in [6.07, 6.45) is 1.57. The fraction of sp³-hybridized carbons (Fsp3) is 0.267. The Morgan fingerprint density at radius 2 is 2.00 bits per heavy atom. The Morgan fingerprint density at radius 1 is 1.23 bits per heavy atom. The van der Waals surface area contributed by atoms with Crippen LogP contribution < -0.4 is 5.32 Å². The fourth-order valence-electron chi connectivity index (χ4n) is 2.22. The average Bonchev–Trinajstić information content (AvgIpc) is 2.94. The minimum absolute atomic E-state index is 0.139. The van der Waals surface area contributed by atoms with Gasteiger partial charge in [-0.1, -0.05) is 13.8 Å². The zero-order valence-electron chi connectivity index (χ0n) is 12.6. The van der Waals surface area contributed by atoms with Crippen LogP contribution in [0.15, 0.2) is 24.4 Å². The number of aryl methyl sites for hydroxylation is 1. The number of hydrogen-bond acceptors (Lipinski definition) is 5. The molecule has 3 aromatic rings. The number of aromatic nitrogens is 5. The van der Waals surface area contributed by atoms with E-state index in [-0.39, 0.29) is 11.8 Å². The Kier molecular flexibility index (Phi) is 3.54. The molecule has 1 aromatic carbocycles. The van der Waals surface area contributed by atoms with Crippen molar-refractivity contribution in [3.63, 3.8) is 0 Å². The van der Waals surface area contributed by atoms with Crippen molar-refractivity contribution in [3.8, 4) is 0 Å². The molecule has 0 unspecified atom stereocenters. The van der Waals surface area contributed by atoms with Crippen LogP contribution in [0.3, 0.4) is 0 Å². The van der Waals surface area contributed by atoms with E-state index in [1.165, 1.54) is 0 Å². The molecule has 2 heterocycles. The standard InChI is InChI=1S/C15H16N6O/c1-8(2)14-11(7-16-9(3)17-14)15(22)18-10-4-5-12-13(6-10)20-21-19-12/h4-8H,1-3H3,(H,18,22)(H,19,20,21). The normalized spacial score (nSPS) is 11.1. The Bertz CT molecular complexity index is 839. The summed E-state index contributed by atoms with van der Waals surface area (Å²) >= 11 is 0. The summed E-state index contributed by atoms with van der Waals surface area (Å²) in [4.78, 5) is 21.0. The van der Waals surface area contributed by atoms with Gasteiger partial charge in [0.05, 0.1) is 11.3 Å². The number of nitrogens with zero attached hydrogens (tertiary/aromatic N) is 4. The van der Waals surface area contributed by atoms with Gasteiger partial charge in [0.15, 0.2) is 0 Å². The molecule has 0 atom stereocenters. The van der Waals surface area contributed by atoms with E-state index in [1.54, 1.807) is 24.4 Å². The molecule has 7 nitrogen and oxygen atoms in total. The van der Waals surface area contributed by atoms with Gasteiger partial charge in [-0.2, -0.15) is 15.4 Å². The molecule has 0 saturated carbocycles. The third kappa shape index (κ3) is 2.65. The van der Waals surface area contributed by atoms with Crippen LogP contribution in [0, 0.1) is 6.92 Å². The lowest BCUT2D eigenvalue weighted by atomic mass is 10.0. The number of hydrogen-bond donors (Lipinski definition) is 2. The largest absolute Gasteiger partial charge is 0.322 e. The van der Waals surface area contributed by atoms with Gasteiger partial charge in [-0.15, -0.1) is 0 Å². The first-order chi connectivity index (χ1) is 10.5. The summed E-state index contributed by atoms with van der Waals surface area (Å²) in [5.74, 6) is 0.566. The van der Waals surface area contributed by atoms with Crippen LogP contribution in [0.2, 0.25) is 0 Å². The van der Waals surface area contributed by atoms with Crippen molar-refractivity contribution in [2.75, 3.05) is 5.32 Å². The zero-order valence-corrected chi connectivity index (χ0v) is 12.6. The molecule has 112 valence electrons. The highest BCUT2D eigenvalue weighted by Gasteiger charge is 2.16. The molecule has 0 aliphatic carbocycles. The van der Waals surface area contributed by atoms with Crippen LogP contribution in [0.4, 0.5) is 5.69 Å². The lowest BCUT2D eigenvalue weighted by Gasteiger charge is -2.12. The Hall–Kier alpha value is -2.83. The van der Waals surface area contributed by atoms with E-state index in [0.29, 0.717) is 22.6 Å². The lowest BCUT2D eigenvalue weighted by Crippen LogP contribution is -2.17. The Balaban J connectivity index is 1.91. The van der Waals surface area contributed by atoms with Gasteiger partial charge in [0, 0.05) is 11.9 Å². The van der Waals surface area contributed by atoms with Crippen LogP contribution >= 0.6 is 0 Å². The van der Waals surface area contributed by atoms with E-state index in [0.717, 1.165) is 11.2 Å². The van der Waals surface area contributed by atoms with Crippen LogP contribution in [-0.2, 0) is 0 Å². The van der Waals surface area contributed by atoms with Crippen LogP contribution in [0.1, 0.15) is 41.6 Å². The first-order valence-electron chi connectivity index (χ1n) is 7.00. The second kappa shape index (κ2) is 5.51.